The van der Waals surface area contributed by atoms with Crippen molar-refractivity contribution in [2.45, 2.75) is 44.7 Å². The van der Waals surface area contributed by atoms with Gasteiger partial charge in [0.25, 0.3) is 0 Å². The fourth-order valence-electron chi connectivity index (χ4n) is 2.97. The highest BCUT2D eigenvalue weighted by molar-refractivity contribution is 6.16. The average Bonchev–Trinajstić information content (AvgIpc) is 2.76. The maximum Gasteiger partial charge on any atom is 0.125 e. The van der Waals surface area contributed by atoms with Gasteiger partial charge >= 0.3 is 0 Å². The number of halogens is 1. The van der Waals surface area contributed by atoms with Gasteiger partial charge in [-0.3, -0.25) is 0 Å². The summed E-state index contributed by atoms with van der Waals surface area (Å²) in [7, 11) is 0. The summed E-state index contributed by atoms with van der Waals surface area (Å²) in [6.07, 6.45) is 2.38. The van der Waals surface area contributed by atoms with Gasteiger partial charge in [0.2, 0.25) is 0 Å². The predicted molar refractivity (Wildman–Crippen MR) is 77.7 cm³/mol. The molecule has 1 aromatic carbocycles. The fourth-order valence-corrected chi connectivity index (χ4v) is 3.16. The summed E-state index contributed by atoms with van der Waals surface area (Å²) in [5, 5.41) is 0. The van der Waals surface area contributed by atoms with Crippen molar-refractivity contribution < 1.29 is 4.74 Å². The Hall–Kier alpha value is -1.06. The molecule has 0 amide bonds. The molecule has 3 nitrogen and oxygen atoms in total. The van der Waals surface area contributed by atoms with Crippen LogP contribution in [0, 0.1) is 6.92 Å². The van der Waals surface area contributed by atoms with Crippen molar-refractivity contribution in [1.82, 2.24) is 9.55 Å². The van der Waals surface area contributed by atoms with Crippen molar-refractivity contribution in [3.63, 3.8) is 0 Å². The second kappa shape index (κ2) is 5.14. The summed E-state index contributed by atoms with van der Waals surface area (Å²) >= 11 is 6.08. The Morgan fingerprint density at radius 1 is 1.47 bits per heavy atom. The zero-order valence-corrected chi connectivity index (χ0v) is 12.2. The summed E-state index contributed by atoms with van der Waals surface area (Å²) in [5.41, 5.74) is 3.48. The molecule has 0 saturated carbocycles. The van der Waals surface area contributed by atoms with Crippen LogP contribution in [0.2, 0.25) is 0 Å². The van der Waals surface area contributed by atoms with E-state index in [0.717, 1.165) is 30.8 Å². The highest BCUT2D eigenvalue weighted by Gasteiger charge is 2.24. The lowest BCUT2D eigenvalue weighted by Gasteiger charge is -2.29. The zero-order chi connectivity index (χ0) is 13.4. The minimum absolute atomic E-state index is 0.310. The molecular weight excluding hydrogens is 260 g/mol. The zero-order valence-electron chi connectivity index (χ0n) is 11.4. The molecule has 0 N–H and O–H groups in total. The van der Waals surface area contributed by atoms with Gasteiger partial charge < -0.3 is 9.30 Å². The van der Waals surface area contributed by atoms with Gasteiger partial charge in [0.1, 0.15) is 5.82 Å². The number of hydrogen-bond acceptors (Lipinski definition) is 2. The first-order valence-corrected chi connectivity index (χ1v) is 7.37. The highest BCUT2D eigenvalue weighted by Crippen LogP contribution is 2.31. The Balaban J connectivity index is 2.10. The van der Waals surface area contributed by atoms with E-state index in [2.05, 4.69) is 41.6 Å². The Morgan fingerprint density at radius 2 is 2.32 bits per heavy atom. The standard InChI is InChI=1S/C15H19ClN2O/c1-10-3-4-14-13(7-10)17-15(9-16)18(14)12-5-6-19-11(2)8-12/h3-4,7,11-12H,5-6,8-9H2,1-2H3. The van der Waals surface area contributed by atoms with Crippen LogP contribution in [-0.4, -0.2) is 22.3 Å². The van der Waals surface area contributed by atoms with Crippen molar-refractivity contribution in [2.24, 2.45) is 0 Å². The Labute approximate surface area is 118 Å². The van der Waals surface area contributed by atoms with Crippen molar-refractivity contribution in [3.8, 4) is 0 Å². The molecule has 1 saturated heterocycles. The van der Waals surface area contributed by atoms with Crippen LogP contribution in [-0.2, 0) is 10.6 Å². The monoisotopic (exact) mass is 278 g/mol. The molecular formula is C15H19ClN2O. The third kappa shape index (κ3) is 2.37. The number of alkyl halides is 1. The normalized spacial score (nSPS) is 23.9. The second-order valence-electron chi connectivity index (χ2n) is 5.38. The number of ether oxygens (including phenoxy) is 1. The van der Waals surface area contributed by atoms with E-state index < -0.39 is 0 Å². The van der Waals surface area contributed by atoms with Gasteiger partial charge in [-0.2, -0.15) is 0 Å². The van der Waals surface area contributed by atoms with Gasteiger partial charge in [0.15, 0.2) is 0 Å². The molecule has 2 unspecified atom stereocenters. The van der Waals surface area contributed by atoms with E-state index in [9.17, 15) is 0 Å². The van der Waals surface area contributed by atoms with E-state index in [-0.39, 0.29) is 0 Å². The number of benzene rings is 1. The van der Waals surface area contributed by atoms with Gasteiger partial charge in [0.05, 0.1) is 23.0 Å². The predicted octanol–water partition coefficient (Wildman–Crippen LogP) is 3.82. The minimum atomic E-state index is 0.310. The smallest absolute Gasteiger partial charge is 0.125 e. The number of fused-ring (bicyclic) bond motifs is 1. The van der Waals surface area contributed by atoms with E-state index in [4.69, 9.17) is 16.3 Å². The van der Waals surface area contributed by atoms with E-state index in [1.54, 1.807) is 0 Å². The van der Waals surface area contributed by atoms with Crippen molar-refractivity contribution in [2.75, 3.05) is 6.61 Å². The summed E-state index contributed by atoms with van der Waals surface area (Å²) in [6, 6.07) is 6.88. The van der Waals surface area contributed by atoms with Crippen LogP contribution in [0.5, 0.6) is 0 Å². The van der Waals surface area contributed by atoms with E-state index in [1.807, 2.05) is 0 Å². The lowest BCUT2D eigenvalue weighted by atomic mass is 10.0. The largest absolute Gasteiger partial charge is 0.378 e. The molecule has 1 aliphatic heterocycles. The Bertz CT molecular complexity index is 593. The van der Waals surface area contributed by atoms with Crippen LogP contribution < -0.4 is 0 Å². The molecule has 1 aliphatic rings. The second-order valence-corrected chi connectivity index (χ2v) is 5.65. The summed E-state index contributed by atoms with van der Waals surface area (Å²) in [5.74, 6) is 1.43. The SMILES string of the molecule is Cc1ccc2c(c1)nc(CCl)n2C1CCOC(C)C1. The van der Waals surface area contributed by atoms with Crippen LogP contribution in [0.4, 0.5) is 0 Å². The maximum absolute atomic E-state index is 6.08. The van der Waals surface area contributed by atoms with Gasteiger partial charge in [0, 0.05) is 12.6 Å². The van der Waals surface area contributed by atoms with Gasteiger partial charge in [-0.05, 0) is 44.4 Å². The summed E-state index contributed by atoms with van der Waals surface area (Å²) < 4.78 is 7.96. The molecule has 4 heteroatoms. The summed E-state index contributed by atoms with van der Waals surface area (Å²) in [4.78, 5) is 4.68. The molecule has 1 aromatic heterocycles. The maximum atomic E-state index is 6.08. The third-order valence-corrected chi connectivity index (χ3v) is 4.10. The van der Waals surface area contributed by atoms with Crippen molar-refractivity contribution in [1.29, 1.82) is 0 Å². The quantitative estimate of drug-likeness (QED) is 0.781. The van der Waals surface area contributed by atoms with Crippen LogP contribution in [0.3, 0.4) is 0 Å². The molecule has 102 valence electrons. The van der Waals surface area contributed by atoms with Crippen LogP contribution in [0.15, 0.2) is 18.2 Å². The molecule has 0 radical (unpaired) electrons. The number of hydrogen-bond donors (Lipinski definition) is 0. The molecule has 0 bridgehead atoms. The van der Waals surface area contributed by atoms with Crippen molar-refractivity contribution in [3.05, 3.63) is 29.6 Å². The Morgan fingerprint density at radius 3 is 3.05 bits per heavy atom. The van der Waals surface area contributed by atoms with Crippen LogP contribution >= 0.6 is 11.6 Å². The lowest BCUT2D eigenvalue weighted by Crippen LogP contribution is -2.26. The first kappa shape index (κ1) is 12.9. The van der Waals surface area contributed by atoms with E-state index >= 15 is 0 Å². The molecule has 2 aromatic rings. The molecule has 1 fully saturated rings. The van der Waals surface area contributed by atoms with E-state index in [1.165, 1.54) is 11.1 Å². The number of rotatable bonds is 2. The van der Waals surface area contributed by atoms with Gasteiger partial charge in [-0.1, -0.05) is 6.07 Å². The van der Waals surface area contributed by atoms with Crippen LogP contribution in [0.1, 0.15) is 37.2 Å². The van der Waals surface area contributed by atoms with Crippen molar-refractivity contribution >= 4 is 22.6 Å². The molecule has 0 aliphatic carbocycles. The summed E-state index contributed by atoms with van der Waals surface area (Å²) in [6.45, 7) is 5.05. The average molecular weight is 279 g/mol. The first-order chi connectivity index (χ1) is 9.19. The Kier molecular flexibility index (Phi) is 3.50. The van der Waals surface area contributed by atoms with Gasteiger partial charge in [-0.25, -0.2) is 4.98 Å². The third-order valence-electron chi connectivity index (χ3n) is 3.86. The number of aromatic nitrogens is 2. The molecule has 2 atom stereocenters. The fraction of sp³-hybridized carbons (Fsp3) is 0.533. The van der Waals surface area contributed by atoms with E-state index in [0.29, 0.717) is 18.0 Å². The molecule has 2 heterocycles. The highest BCUT2D eigenvalue weighted by atomic mass is 35.5. The molecule has 19 heavy (non-hydrogen) atoms. The first-order valence-electron chi connectivity index (χ1n) is 6.84. The lowest BCUT2D eigenvalue weighted by molar-refractivity contribution is 0.00633. The van der Waals surface area contributed by atoms with Gasteiger partial charge in [-0.15, -0.1) is 11.6 Å². The molecule has 0 spiro atoms. The molecule has 3 rings (SSSR count). The number of imidazole rings is 1. The van der Waals surface area contributed by atoms with Crippen LogP contribution in [0.25, 0.3) is 11.0 Å². The number of nitrogens with zero attached hydrogens (tertiary/aromatic N) is 2. The number of aryl methyl sites for hydroxylation is 1. The topological polar surface area (TPSA) is 27.1 Å². The minimum Gasteiger partial charge on any atom is -0.378 e.